The number of fused-ring (bicyclic) bond motifs is 1. The molecule has 26 heavy (non-hydrogen) atoms. The third-order valence-corrected chi connectivity index (χ3v) is 6.10. The summed E-state index contributed by atoms with van der Waals surface area (Å²) in [6, 6.07) is 14.2. The van der Waals surface area contributed by atoms with E-state index in [4.69, 9.17) is 11.6 Å². The maximum absolute atomic E-state index is 12.8. The van der Waals surface area contributed by atoms with Gasteiger partial charge in [0.05, 0.1) is 10.6 Å². The highest BCUT2D eigenvalue weighted by Gasteiger charge is 2.20. The van der Waals surface area contributed by atoms with E-state index in [-0.39, 0.29) is 18.2 Å². The molecule has 1 N–H and O–H groups in total. The molecule has 0 aliphatic heterocycles. The van der Waals surface area contributed by atoms with Crippen molar-refractivity contribution in [2.45, 2.75) is 17.1 Å². The fourth-order valence-corrected chi connectivity index (χ4v) is 4.46. The van der Waals surface area contributed by atoms with Crippen LogP contribution < -0.4 is 0 Å². The van der Waals surface area contributed by atoms with E-state index in [1.54, 1.807) is 24.3 Å². The lowest BCUT2D eigenvalue weighted by Crippen LogP contribution is -2.16. The average molecular weight is 413 g/mol. The van der Waals surface area contributed by atoms with Gasteiger partial charge < -0.3 is 9.88 Å². The van der Waals surface area contributed by atoms with Crippen molar-refractivity contribution in [1.82, 2.24) is 9.88 Å². The molecule has 0 unspecified atom stereocenters. The van der Waals surface area contributed by atoms with Gasteiger partial charge in [-0.3, -0.25) is 0 Å². The van der Waals surface area contributed by atoms with Crippen molar-refractivity contribution in [3.63, 3.8) is 0 Å². The highest BCUT2D eigenvalue weighted by Crippen LogP contribution is 2.28. The molecule has 2 aromatic carbocycles. The Morgan fingerprint density at radius 1 is 1.08 bits per heavy atom. The van der Waals surface area contributed by atoms with Crippen molar-refractivity contribution in [3.8, 4) is 0 Å². The molecule has 3 aromatic rings. The van der Waals surface area contributed by atoms with E-state index in [0.29, 0.717) is 9.92 Å². The first-order chi connectivity index (χ1) is 11.9. The quantitative estimate of drug-likeness (QED) is 0.655. The van der Waals surface area contributed by atoms with Crippen LogP contribution >= 0.6 is 24.0 Å². The molecule has 7 heteroatoms. The fourth-order valence-electron chi connectivity index (χ4n) is 2.92. The van der Waals surface area contributed by atoms with E-state index < -0.39 is 9.84 Å². The van der Waals surface area contributed by atoms with Crippen LogP contribution in [0.4, 0.5) is 0 Å². The zero-order chi connectivity index (χ0) is 18.0. The van der Waals surface area contributed by atoms with Gasteiger partial charge in [-0.1, -0.05) is 29.8 Å². The Balaban J connectivity index is 0.00000243. The zero-order valence-electron chi connectivity index (χ0n) is 14.7. The number of halogens is 2. The van der Waals surface area contributed by atoms with Gasteiger partial charge in [0.2, 0.25) is 0 Å². The first-order valence-electron chi connectivity index (χ1n) is 8.08. The van der Waals surface area contributed by atoms with Crippen LogP contribution in [-0.4, -0.2) is 38.9 Å². The number of nitrogens with one attached hydrogen (secondary N) is 1. The van der Waals surface area contributed by atoms with Crippen molar-refractivity contribution in [3.05, 3.63) is 64.8 Å². The summed E-state index contributed by atoms with van der Waals surface area (Å²) in [5.74, 6) is -0.0495. The van der Waals surface area contributed by atoms with Crippen molar-refractivity contribution in [1.29, 1.82) is 0 Å². The van der Waals surface area contributed by atoms with E-state index >= 15 is 0 Å². The van der Waals surface area contributed by atoms with Crippen LogP contribution in [0.1, 0.15) is 11.3 Å². The number of hydrogen-bond acceptors (Lipinski definition) is 3. The first-order valence-corrected chi connectivity index (χ1v) is 10.1. The summed E-state index contributed by atoms with van der Waals surface area (Å²) in [6.07, 6.45) is 0.757. The summed E-state index contributed by atoms with van der Waals surface area (Å²) in [6.45, 7) is 0.831. The molecule has 0 radical (unpaired) electrons. The number of likely N-dealkylation sites (N-methyl/N-ethyl adjacent to an activating group) is 1. The highest BCUT2D eigenvalue weighted by atomic mass is 35.5. The number of sulfone groups is 1. The summed E-state index contributed by atoms with van der Waals surface area (Å²) in [5, 5.41) is 1.64. The Morgan fingerprint density at radius 3 is 2.42 bits per heavy atom. The van der Waals surface area contributed by atoms with Crippen LogP contribution in [0.15, 0.2) is 53.4 Å². The molecule has 0 amide bonds. The third kappa shape index (κ3) is 4.60. The molecule has 140 valence electrons. The summed E-state index contributed by atoms with van der Waals surface area (Å²) in [7, 11) is 0.594. The smallest absolute Gasteiger partial charge is 0.183 e. The van der Waals surface area contributed by atoms with Gasteiger partial charge in [-0.25, -0.2) is 8.42 Å². The fraction of sp³-hybridized carbons (Fsp3) is 0.263. The standard InChI is InChI=1S/C19H21ClN2O2S.ClH/c1-22(2)11-10-16-17-12-14(20)8-9-18(17)21-19(16)13-25(23,24)15-6-4-3-5-7-15;/h3-9,12,21H,10-11,13H2,1-2H3;1H. The van der Waals surface area contributed by atoms with Gasteiger partial charge in [0.1, 0.15) is 0 Å². The summed E-state index contributed by atoms with van der Waals surface area (Å²) in [5.41, 5.74) is 2.67. The molecule has 1 heterocycles. The number of benzene rings is 2. The van der Waals surface area contributed by atoms with E-state index in [1.165, 1.54) is 0 Å². The van der Waals surface area contributed by atoms with E-state index in [1.807, 2.05) is 38.4 Å². The van der Waals surface area contributed by atoms with E-state index in [0.717, 1.165) is 35.1 Å². The summed E-state index contributed by atoms with van der Waals surface area (Å²) < 4.78 is 25.6. The molecule has 0 saturated heterocycles. The molecule has 0 aliphatic rings. The molecule has 0 saturated carbocycles. The van der Waals surface area contributed by atoms with E-state index in [2.05, 4.69) is 9.88 Å². The van der Waals surface area contributed by atoms with Crippen LogP contribution in [-0.2, 0) is 22.0 Å². The van der Waals surface area contributed by atoms with Gasteiger partial charge >= 0.3 is 0 Å². The lowest BCUT2D eigenvalue weighted by Gasteiger charge is -2.11. The molecule has 0 spiro atoms. The van der Waals surface area contributed by atoms with Crippen LogP contribution in [0.2, 0.25) is 5.02 Å². The van der Waals surface area contributed by atoms with Crippen LogP contribution in [0.25, 0.3) is 10.9 Å². The van der Waals surface area contributed by atoms with Gasteiger partial charge in [0, 0.05) is 28.2 Å². The molecular weight excluding hydrogens is 391 g/mol. The molecule has 0 fully saturated rings. The number of hydrogen-bond donors (Lipinski definition) is 1. The van der Waals surface area contributed by atoms with Gasteiger partial charge in [-0.05, 0) is 56.4 Å². The minimum atomic E-state index is -3.41. The molecule has 0 atom stereocenters. The lowest BCUT2D eigenvalue weighted by molar-refractivity contribution is 0.414. The summed E-state index contributed by atoms with van der Waals surface area (Å²) in [4.78, 5) is 5.71. The second-order valence-electron chi connectivity index (χ2n) is 6.40. The van der Waals surface area contributed by atoms with Crippen LogP contribution in [0.5, 0.6) is 0 Å². The van der Waals surface area contributed by atoms with Crippen molar-refractivity contribution >= 4 is 44.7 Å². The third-order valence-electron chi connectivity index (χ3n) is 4.20. The number of nitrogens with zero attached hydrogens (tertiary/aromatic N) is 1. The molecule has 4 nitrogen and oxygen atoms in total. The Bertz CT molecular complexity index is 983. The van der Waals surface area contributed by atoms with Gasteiger partial charge in [0.25, 0.3) is 0 Å². The van der Waals surface area contributed by atoms with Gasteiger partial charge in [0.15, 0.2) is 9.84 Å². The summed E-state index contributed by atoms with van der Waals surface area (Å²) >= 11 is 6.15. The minimum Gasteiger partial charge on any atom is -0.357 e. The molecule has 3 rings (SSSR count). The Hall–Kier alpha value is -1.53. The van der Waals surface area contributed by atoms with Crippen molar-refractivity contribution in [2.75, 3.05) is 20.6 Å². The van der Waals surface area contributed by atoms with Gasteiger partial charge in [-0.15, -0.1) is 12.4 Å². The van der Waals surface area contributed by atoms with Crippen molar-refractivity contribution in [2.24, 2.45) is 0 Å². The maximum atomic E-state index is 12.8. The number of aromatic nitrogens is 1. The van der Waals surface area contributed by atoms with Crippen LogP contribution in [0, 0.1) is 0 Å². The second kappa shape index (κ2) is 8.44. The molecule has 1 aromatic heterocycles. The SMILES string of the molecule is CN(C)CCc1c(CS(=O)(=O)c2ccccc2)[nH]c2ccc(Cl)cc12.Cl. The average Bonchev–Trinajstić information content (AvgIpc) is 2.89. The van der Waals surface area contributed by atoms with Crippen molar-refractivity contribution < 1.29 is 8.42 Å². The highest BCUT2D eigenvalue weighted by molar-refractivity contribution is 7.90. The van der Waals surface area contributed by atoms with Crippen LogP contribution in [0.3, 0.4) is 0 Å². The normalized spacial score (nSPS) is 11.7. The number of aromatic amines is 1. The second-order valence-corrected chi connectivity index (χ2v) is 8.82. The Morgan fingerprint density at radius 2 is 1.77 bits per heavy atom. The predicted octanol–water partition coefficient (Wildman–Crippen LogP) is 4.32. The zero-order valence-corrected chi connectivity index (χ0v) is 17.1. The molecule has 0 aliphatic carbocycles. The first kappa shape index (κ1) is 20.8. The largest absolute Gasteiger partial charge is 0.357 e. The Labute approximate surface area is 165 Å². The monoisotopic (exact) mass is 412 g/mol. The molecule has 0 bridgehead atoms. The Kier molecular flexibility index (Phi) is 6.74. The van der Waals surface area contributed by atoms with Gasteiger partial charge in [-0.2, -0.15) is 0 Å². The number of H-pyrrole nitrogens is 1. The maximum Gasteiger partial charge on any atom is 0.183 e. The molecular formula is C19H22Cl2N2O2S. The van der Waals surface area contributed by atoms with E-state index in [9.17, 15) is 8.42 Å². The topological polar surface area (TPSA) is 53.2 Å². The predicted molar refractivity (Wildman–Crippen MR) is 110 cm³/mol. The number of rotatable bonds is 6. The lowest BCUT2D eigenvalue weighted by atomic mass is 10.1. The minimum absolute atomic E-state index is 0.